The van der Waals surface area contributed by atoms with Crippen LogP contribution in [0.1, 0.15) is 34.8 Å². The Labute approximate surface area is 158 Å². The number of esters is 1. The number of nitrogens with one attached hydrogen (secondary N) is 2. The van der Waals surface area contributed by atoms with Gasteiger partial charge < -0.3 is 15.4 Å². The fraction of sp³-hybridized carbons (Fsp3) is 0.286. The van der Waals surface area contributed by atoms with E-state index in [2.05, 4.69) is 34.4 Å². The Balaban J connectivity index is 1.81. The molecule has 0 radical (unpaired) electrons. The van der Waals surface area contributed by atoms with Crippen molar-refractivity contribution in [2.75, 3.05) is 19.0 Å². The van der Waals surface area contributed by atoms with Crippen LogP contribution in [0.5, 0.6) is 0 Å². The van der Waals surface area contributed by atoms with E-state index in [1.807, 2.05) is 12.1 Å². The molecule has 6 heteroatoms. The van der Waals surface area contributed by atoms with E-state index in [0.717, 1.165) is 12.0 Å². The summed E-state index contributed by atoms with van der Waals surface area (Å²) in [6.07, 6.45) is 2.05. The number of benzene rings is 2. The van der Waals surface area contributed by atoms with Crippen molar-refractivity contribution < 1.29 is 19.1 Å². The van der Waals surface area contributed by atoms with Crippen LogP contribution in [-0.2, 0) is 27.2 Å². The molecule has 27 heavy (non-hydrogen) atoms. The van der Waals surface area contributed by atoms with Gasteiger partial charge in [0.05, 0.1) is 7.11 Å². The molecule has 0 unspecified atom stereocenters. The van der Waals surface area contributed by atoms with Gasteiger partial charge in [0.2, 0.25) is 5.91 Å². The number of methoxy groups -OCH3 is 1. The highest BCUT2D eigenvalue weighted by Crippen LogP contribution is 2.12. The van der Waals surface area contributed by atoms with Gasteiger partial charge in [0.15, 0.2) is 0 Å². The van der Waals surface area contributed by atoms with E-state index < -0.39 is 5.97 Å². The summed E-state index contributed by atoms with van der Waals surface area (Å²) in [7, 11) is 1.26. The van der Waals surface area contributed by atoms with Crippen LogP contribution in [0.3, 0.4) is 0 Å². The van der Waals surface area contributed by atoms with Gasteiger partial charge in [0.1, 0.15) is 6.54 Å². The number of carbonyl (C=O) groups is 3. The van der Waals surface area contributed by atoms with Crippen molar-refractivity contribution in [3.8, 4) is 0 Å². The minimum atomic E-state index is -0.517. The highest BCUT2D eigenvalue weighted by atomic mass is 16.5. The lowest BCUT2D eigenvalue weighted by atomic mass is 10.1. The maximum Gasteiger partial charge on any atom is 0.325 e. The molecule has 0 aliphatic heterocycles. The van der Waals surface area contributed by atoms with E-state index >= 15 is 0 Å². The second kappa shape index (κ2) is 10.1. The minimum absolute atomic E-state index is 0.0857. The molecule has 0 heterocycles. The number of anilines is 1. The van der Waals surface area contributed by atoms with Crippen LogP contribution < -0.4 is 10.6 Å². The zero-order valence-electron chi connectivity index (χ0n) is 15.6. The lowest BCUT2D eigenvalue weighted by Gasteiger charge is -2.08. The topological polar surface area (TPSA) is 84.5 Å². The molecule has 0 fully saturated rings. The normalized spacial score (nSPS) is 10.1. The standard InChI is InChI=1S/C21H24N2O4/c1-3-15-4-6-16(7-5-15)8-13-19(24)23-18-11-9-17(10-12-18)21(26)22-14-20(25)27-2/h4-7,9-12H,3,8,13-14H2,1-2H3,(H,22,26)(H,23,24). The van der Waals surface area contributed by atoms with E-state index in [9.17, 15) is 14.4 Å². The summed E-state index contributed by atoms with van der Waals surface area (Å²) in [5, 5.41) is 5.27. The van der Waals surface area contributed by atoms with Crippen LogP contribution in [0, 0.1) is 0 Å². The summed E-state index contributed by atoms with van der Waals surface area (Å²) in [6.45, 7) is 1.92. The molecule has 0 spiro atoms. The molecule has 0 saturated heterocycles. The van der Waals surface area contributed by atoms with Crippen molar-refractivity contribution in [3.05, 3.63) is 65.2 Å². The minimum Gasteiger partial charge on any atom is -0.468 e. The number of aryl methyl sites for hydroxylation is 2. The molecule has 2 N–H and O–H groups in total. The Morgan fingerprint density at radius 2 is 1.56 bits per heavy atom. The third kappa shape index (κ3) is 6.58. The summed E-state index contributed by atoms with van der Waals surface area (Å²) >= 11 is 0. The van der Waals surface area contributed by atoms with Gasteiger partial charge in [-0.15, -0.1) is 0 Å². The first-order valence-electron chi connectivity index (χ1n) is 8.84. The highest BCUT2D eigenvalue weighted by Gasteiger charge is 2.09. The Hall–Kier alpha value is -3.15. The zero-order chi connectivity index (χ0) is 19.6. The van der Waals surface area contributed by atoms with Crippen molar-refractivity contribution in [1.82, 2.24) is 5.32 Å². The van der Waals surface area contributed by atoms with Gasteiger partial charge in [-0.05, 0) is 48.2 Å². The van der Waals surface area contributed by atoms with Crippen molar-refractivity contribution >= 4 is 23.5 Å². The summed E-state index contributed by atoms with van der Waals surface area (Å²) in [4.78, 5) is 35.0. The quantitative estimate of drug-likeness (QED) is 0.702. The number of rotatable bonds is 8. The number of carbonyl (C=O) groups excluding carboxylic acids is 3. The third-order valence-electron chi connectivity index (χ3n) is 4.12. The van der Waals surface area contributed by atoms with E-state index in [1.165, 1.54) is 12.7 Å². The molecular weight excluding hydrogens is 344 g/mol. The molecule has 2 aromatic rings. The van der Waals surface area contributed by atoms with Crippen molar-refractivity contribution in [3.63, 3.8) is 0 Å². The monoisotopic (exact) mass is 368 g/mol. The molecule has 2 aromatic carbocycles. The lowest BCUT2D eigenvalue weighted by molar-refractivity contribution is -0.139. The molecule has 2 amide bonds. The van der Waals surface area contributed by atoms with Crippen LogP contribution in [-0.4, -0.2) is 31.4 Å². The van der Waals surface area contributed by atoms with Gasteiger partial charge in [-0.1, -0.05) is 31.2 Å². The summed E-state index contributed by atoms with van der Waals surface area (Å²) in [5.41, 5.74) is 3.41. The van der Waals surface area contributed by atoms with Crippen LogP contribution >= 0.6 is 0 Å². The number of ether oxygens (including phenoxy) is 1. The first kappa shape index (κ1) is 20.2. The Morgan fingerprint density at radius 1 is 0.926 bits per heavy atom. The Bertz CT molecular complexity index is 783. The molecule has 2 rings (SSSR count). The second-order valence-electron chi connectivity index (χ2n) is 6.05. The maximum atomic E-state index is 12.1. The maximum absolute atomic E-state index is 12.1. The van der Waals surface area contributed by atoms with Gasteiger partial charge in [0, 0.05) is 17.7 Å². The SMILES string of the molecule is CCc1ccc(CCC(=O)Nc2ccc(C(=O)NCC(=O)OC)cc2)cc1. The predicted molar refractivity (Wildman–Crippen MR) is 104 cm³/mol. The fourth-order valence-electron chi connectivity index (χ4n) is 2.45. The first-order valence-corrected chi connectivity index (χ1v) is 8.84. The summed E-state index contributed by atoms with van der Waals surface area (Å²) in [6, 6.07) is 14.7. The average molecular weight is 368 g/mol. The molecule has 0 aliphatic carbocycles. The second-order valence-corrected chi connectivity index (χ2v) is 6.05. The number of hydrogen-bond acceptors (Lipinski definition) is 4. The molecule has 0 aromatic heterocycles. The molecule has 142 valence electrons. The Kier molecular flexibility index (Phi) is 7.55. The van der Waals surface area contributed by atoms with Gasteiger partial charge in [-0.2, -0.15) is 0 Å². The third-order valence-corrected chi connectivity index (χ3v) is 4.12. The Morgan fingerprint density at radius 3 is 2.15 bits per heavy atom. The molecule has 0 saturated carbocycles. The van der Waals surface area contributed by atoms with Gasteiger partial charge in [-0.25, -0.2) is 0 Å². The molecule has 0 aliphatic rings. The molecule has 0 atom stereocenters. The molecule has 6 nitrogen and oxygen atoms in total. The van der Waals surface area contributed by atoms with E-state index in [0.29, 0.717) is 24.1 Å². The number of amides is 2. The largest absolute Gasteiger partial charge is 0.468 e. The van der Waals surface area contributed by atoms with Crippen LogP contribution in [0.15, 0.2) is 48.5 Å². The van der Waals surface area contributed by atoms with Gasteiger partial charge in [-0.3, -0.25) is 14.4 Å². The average Bonchev–Trinajstić information content (AvgIpc) is 2.71. The fourth-order valence-corrected chi connectivity index (χ4v) is 2.45. The molecule has 0 bridgehead atoms. The van der Waals surface area contributed by atoms with Crippen molar-refractivity contribution in [2.24, 2.45) is 0 Å². The van der Waals surface area contributed by atoms with E-state index in [1.54, 1.807) is 24.3 Å². The zero-order valence-corrected chi connectivity index (χ0v) is 15.6. The summed E-state index contributed by atoms with van der Waals surface area (Å²) in [5.74, 6) is -0.983. The van der Waals surface area contributed by atoms with Crippen molar-refractivity contribution in [1.29, 1.82) is 0 Å². The van der Waals surface area contributed by atoms with E-state index in [-0.39, 0.29) is 18.4 Å². The van der Waals surface area contributed by atoms with Crippen molar-refractivity contribution in [2.45, 2.75) is 26.2 Å². The molecular formula is C21H24N2O4. The first-order chi connectivity index (χ1) is 13.0. The highest BCUT2D eigenvalue weighted by molar-refractivity contribution is 5.97. The van der Waals surface area contributed by atoms with Crippen LogP contribution in [0.4, 0.5) is 5.69 Å². The van der Waals surface area contributed by atoms with Crippen LogP contribution in [0.2, 0.25) is 0 Å². The summed E-state index contributed by atoms with van der Waals surface area (Å²) < 4.78 is 4.46. The number of hydrogen-bond donors (Lipinski definition) is 2. The predicted octanol–water partition coefficient (Wildman–Crippen LogP) is 2.72. The van der Waals surface area contributed by atoms with Crippen LogP contribution in [0.25, 0.3) is 0 Å². The smallest absolute Gasteiger partial charge is 0.325 e. The van der Waals surface area contributed by atoms with Gasteiger partial charge in [0.25, 0.3) is 5.91 Å². The van der Waals surface area contributed by atoms with E-state index in [4.69, 9.17) is 0 Å². The lowest BCUT2D eigenvalue weighted by Crippen LogP contribution is -2.30. The van der Waals surface area contributed by atoms with Gasteiger partial charge >= 0.3 is 5.97 Å².